The number of allylic oxidation sites excluding steroid dienone is 2. The third-order valence-corrected chi connectivity index (χ3v) is 14.7. The molecule has 6 rings (SSSR count). The lowest BCUT2D eigenvalue weighted by molar-refractivity contribution is -0.211. The van der Waals surface area contributed by atoms with E-state index >= 15 is 0 Å². The fourth-order valence-corrected chi connectivity index (χ4v) is 12.0. The van der Waals surface area contributed by atoms with Crippen LogP contribution >= 0.6 is 0 Å². The van der Waals surface area contributed by atoms with E-state index < -0.39 is 0 Å². The summed E-state index contributed by atoms with van der Waals surface area (Å²) in [5.74, 6) is 1.71. The van der Waals surface area contributed by atoms with Crippen molar-refractivity contribution in [2.75, 3.05) is 0 Å². The first-order valence-electron chi connectivity index (χ1n) is 17.2. The van der Waals surface area contributed by atoms with Crippen molar-refractivity contribution >= 4 is 17.8 Å². The average Bonchev–Trinajstić information content (AvgIpc) is 2.94. The number of ketones is 1. The first kappa shape index (κ1) is 30.8. The number of fused-ring (bicyclic) bond motifs is 7. The van der Waals surface area contributed by atoms with Crippen LogP contribution in [0.3, 0.4) is 0 Å². The Morgan fingerprint density at radius 1 is 0.837 bits per heavy atom. The van der Waals surface area contributed by atoms with Crippen molar-refractivity contribution < 1.29 is 14.3 Å². The zero-order valence-electron chi connectivity index (χ0n) is 28.2. The summed E-state index contributed by atoms with van der Waals surface area (Å²) in [5.41, 5.74) is 3.27. The number of Topliss-reactive ketones (excluding diaryl/α,β-unsaturated/α-hetero) is 1. The van der Waals surface area contributed by atoms with Gasteiger partial charge in [0.15, 0.2) is 0 Å². The third kappa shape index (κ3) is 4.56. The molecule has 3 nitrogen and oxygen atoms in total. The quantitative estimate of drug-likeness (QED) is 0.201. The number of esters is 1. The zero-order valence-corrected chi connectivity index (χ0v) is 28.2. The lowest BCUT2D eigenvalue weighted by Crippen LogP contribution is -2.65. The van der Waals surface area contributed by atoms with Crippen molar-refractivity contribution in [3.05, 3.63) is 53.6 Å². The molecule has 8 atom stereocenters. The number of ether oxygens (including phenoxy) is 1. The van der Waals surface area contributed by atoms with Crippen molar-refractivity contribution in [2.24, 2.45) is 50.2 Å². The summed E-state index contributed by atoms with van der Waals surface area (Å²) in [6.45, 7) is 19.3. The number of hydrogen-bond acceptors (Lipinski definition) is 3. The maximum atomic E-state index is 13.4. The minimum absolute atomic E-state index is 0.0662. The molecule has 0 bridgehead atoms. The predicted molar refractivity (Wildman–Crippen MR) is 175 cm³/mol. The van der Waals surface area contributed by atoms with Gasteiger partial charge in [0.2, 0.25) is 0 Å². The monoisotopic (exact) mass is 584 g/mol. The van der Waals surface area contributed by atoms with E-state index in [1.165, 1.54) is 12.8 Å². The lowest BCUT2D eigenvalue weighted by atomic mass is 9.33. The summed E-state index contributed by atoms with van der Waals surface area (Å²) >= 11 is 0. The Kier molecular flexibility index (Phi) is 7.30. The molecular formula is C40H56O3. The van der Waals surface area contributed by atoms with E-state index in [-0.39, 0.29) is 39.1 Å². The van der Waals surface area contributed by atoms with Gasteiger partial charge >= 0.3 is 5.97 Å². The predicted octanol–water partition coefficient (Wildman–Crippen LogP) is 10.0. The van der Waals surface area contributed by atoms with Gasteiger partial charge in [0.1, 0.15) is 11.9 Å². The van der Waals surface area contributed by atoms with Crippen molar-refractivity contribution in [3.8, 4) is 0 Å². The Morgan fingerprint density at radius 3 is 2.23 bits per heavy atom. The Morgan fingerprint density at radius 2 is 1.53 bits per heavy atom. The van der Waals surface area contributed by atoms with Gasteiger partial charge in [-0.05, 0) is 122 Å². The SMILES string of the molecule is CC(=O)[C@]12CCC(C)(C)C[C@H]1C1=CC[C@@H]3[C@@]4(C)CC[C@H](OC(=O)/C=C/c5ccccc5)C(C)(C)C4CC[C@@]3(C)[C@]1(C)CC2. The highest BCUT2D eigenvalue weighted by Crippen LogP contribution is 2.75. The average molecular weight is 585 g/mol. The first-order chi connectivity index (χ1) is 20.1. The standard InChI is InChI=1S/C40H56O3/c1-27(41)40-24-22-35(2,3)26-30(40)29-15-16-32-37(6)20-19-33(43-34(42)17-14-28-12-10-9-11-13-28)36(4,5)31(37)18-21-39(32,8)38(29,7)23-25-40/h9-15,17,30-33H,16,18-26H2,1-8H3/b17-14+/t30-,31?,32+,33-,37-,38+,39+,40+/m0/s1. The van der Waals surface area contributed by atoms with E-state index in [9.17, 15) is 9.59 Å². The smallest absolute Gasteiger partial charge is 0.331 e. The van der Waals surface area contributed by atoms with Crippen LogP contribution in [0.2, 0.25) is 0 Å². The van der Waals surface area contributed by atoms with E-state index in [0.717, 1.165) is 56.9 Å². The molecule has 4 saturated carbocycles. The molecule has 1 unspecified atom stereocenters. The third-order valence-electron chi connectivity index (χ3n) is 14.7. The second-order valence-electron chi connectivity index (χ2n) is 17.5. The maximum Gasteiger partial charge on any atom is 0.331 e. The lowest BCUT2D eigenvalue weighted by Gasteiger charge is -2.71. The van der Waals surface area contributed by atoms with Crippen LogP contribution in [-0.4, -0.2) is 17.9 Å². The molecule has 0 amide bonds. The molecule has 1 aromatic carbocycles. The van der Waals surface area contributed by atoms with Crippen LogP contribution in [0, 0.1) is 50.2 Å². The van der Waals surface area contributed by atoms with Crippen LogP contribution in [0.4, 0.5) is 0 Å². The zero-order chi connectivity index (χ0) is 31.1. The number of carbonyl (C=O) groups excluding carboxylic acids is 2. The maximum absolute atomic E-state index is 13.4. The highest BCUT2D eigenvalue weighted by atomic mass is 16.5. The second-order valence-corrected chi connectivity index (χ2v) is 17.5. The Bertz CT molecular complexity index is 1330. The number of hydrogen-bond donors (Lipinski definition) is 0. The summed E-state index contributed by atoms with van der Waals surface area (Å²) in [7, 11) is 0. The van der Waals surface area contributed by atoms with Crippen LogP contribution in [0.25, 0.3) is 6.08 Å². The van der Waals surface area contributed by atoms with Crippen molar-refractivity contribution in [1.29, 1.82) is 0 Å². The highest BCUT2D eigenvalue weighted by molar-refractivity contribution is 5.87. The van der Waals surface area contributed by atoms with Gasteiger partial charge in [-0.1, -0.05) is 90.4 Å². The first-order valence-corrected chi connectivity index (χ1v) is 17.2. The molecule has 0 spiro atoms. The van der Waals surface area contributed by atoms with Crippen LogP contribution in [-0.2, 0) is 14.3 Å². The van der Waals surface area contributed by atoms with Gasteiger partial charge in [-0.25, -0.2) is 4.79 Å². The molecule has 4 fully saturated rings. The number of carbonyl (C=O) groups is 2. The summed E-state index contributed by atoms with van der Waals surface area (Å²) in [6, 6.07) is 9.97. The molecule has 234 valence electrons. The fourth-order valence-electron chi connectivity index (χ4n) is 12.0. The Labute approximate surface area is 261 Å². The fraction of sp³-hybridized carbons (Fsp3) is 0.700. The summed E-state index contributed by atoms with van der Waals surface area (Å²) in [5, 5.41) is 0. The molecule has 0 heterocycles. The molecule has 1 aromatic rings. The largest absolute Gasteiger partial charge is 0.459 e. The molecule has 0 aromatic heterocycles. The van der Waals surface area contributed by atoms with Crippen LogP contribution in [0.1, 0.15) is 125 Å². The minimum Gasteiger partial charge on any atom is -0.459 e. The molecule has 5 aliphatic carbocycles. The number of benzene rings is 1. The Hall–Kier alpha value is -2.16. The molecule has 43 heavy (non-hydrogen) atoms. The van der Waals surface area contributed by atoms with Crippen LogP contribution < -0.4 is 0 Å². The number of rotatable bonds is 4. The molecular weight excluding hydrogens is 528 g/mol. The van der Waals surface area contributed by atoms with E-state index in [0.29, 0.717) is 29.0 Å². The molecule has 0 radical (unpaired) electrons. The molecule has 0 N–H and O–H groups in total. The molecule has 3 heteroatoms. The van der Waals surface area contributed by atoms with Crippen LogP contribution in [0.5, 0.6) is 0 Å². The van der Waals surface area contributed by atoms with Crippen LogP contribution in [0.15, 0.2) is 48.1 Å². The molecule has 5 aliphatic rings. The molecule has 0 aliphatic heterocycles. The topological polar surface area (TPSA) is 43.4 Å². The summed E-state index contributed by atoms with van der Waals surface area (Å²) in [4.78, 5) is 26.4. The normalized spacial score (nSPS) is 42.9. The van der Waals surface area contributed by atoms with E-state index in [1.54, 1.807) is 11.6 Å². The van der Waals surface area contributed by atoms with E-state index in [4.69, 9.17) is 4.74 Å². The Balaban J connectivity index is 1.27. The van der Waals surface area contributed by atoms with Gasteiger partial charge in [-0.2, -0.15) is 0 Å². The van der Waals surface area contributed by atoms with E-state index in [1.807, 2.05) is 43.3 Å². The second kappa shape index (κ2) is 10.2. The van der Waals surface area contributed by atoms with Gasteiger partial charge in [-0.3, -0.25) is 4.79 Å². The van der Waals surface area contributed by atoms with Gasteiger partial charge in [0, 0.05) is 16.9 Å². The van der Waals surface area contributed by atoms with E-state index in [2.05, 4.69) is 54.5 Å². The van der Waals surface area contributed by atoms with Crippen molar-refractivity contribution in [2.45, 2.75) is 126 Å². The summed E-state index contributed by atoms with van der Waals surface area (Å²) < 4.78 is 6.23. The van der Waals surface area contributed by atoms with Gasteiger partial charge in [-0.15, -0.1) is 0 Å². The van der Waals surface area contributed by atoms with Gasteiger partial charge < -0.3 is 4.74 Å². The highest BCUT2D eigenvalue weighted by Gasteiger charge is 2.69. The molecule has 0 saturated heterocycles. The summed E-state index contributed by atoms with van der Waals surface area (Å²) in [6.07, 6.45) is 17.2. The van der Waals surface area contributed by atoms with Crippen molar-refractivity contribution in [1.82, 2.24) is 0 Å². The van der Waals surface area contributed by atoms with Gasteiger partial charge in [0.05, 0.1) is 0 Å². The van der Waals surface area contributed by atoms with Crippen molar-refractivity contribution in [3.63, 3.8) is 0 Å². The minimum atomic E-state index is -0.226. The van der Waals surface area contributed by atoms with Gasteiger partial charge in [0.25, 0.3) is 0 Å².